The van der Waals surface area contributed by atoms with Crippen LogP contribution in [0.15, 0.2) is 11.8 Å². The standard InChI is InChI=1S/C16H24N2O3/c1-3-20-11-12(10-17)15(19)18-13-9-14(21-4-2)16(13)7-5-6-8-16/h11,13-14H,3-9H2,1-2H3,(H,18,19)/b12-11+. The van der Waals surface area contributed by atoms with Gasteiger partial charge in [-0.1, -0.05) is 12.8 Å². The Morgan fingerprint density at radius 1 is 1.38 bits per heavy atom. The number of carbonyl (C=O) groups is 1. The van der Waals surface area contributed by atoms with Crippen LogP contribution in [-0.4, -0.2) is 31.3 Å². The molecule has 1 spiro atoms. The maximum Gasteiger partial charge on any atom is 0.265 e. The summed E-state index contributed by atoms with van der Waals surface area (Å²) in [6, 6.07) is 2.01. The molecule has 5 heteroatoms. The topological polar surface area (TPSA) is 71.3 Å². The van der Waals surface area contributed by atoms with Gasteiger partial charge in [0.15, 0.2) is 5.57 Å². The highest BCUT2D eigenvalue weighted by atomic mass is 16.5. The van der Waals surface area contributed by atoms with Gasteiger partial charge >= 0.3 is 0 Å². The van der Waals surface area contributed by atoms with Gasteiger partial charge in [0.05, 0.1) is 12.7 Å². The summed E-state index contributed by atoms with van der Waals surface area (Å²) in [5.41, 5.74) is 0.113. The minimum absolute atomic E-state index is 0.0323. The molecule has 2 aliphatic rings. The first-order valence-corrected chi connectivity index (χ1v) is 7.82. The summed E-state index contributed by atoms with van der Waals surface area (Å²) >= 11 is 0. The minimum Gasteiger partial charge on any atom is -0.500 e. The molecule has 2 atom stereocenters. The van der Waals surface area contributed by atoms with Crippen molar-refractivity contribution < 1.29 is 14.3 Å². The molecule has 2 saturated carbocycles. The minimum atomic E-state index is -0.336. The summed E-state index contributed by atoms with van der Waals surface area (Å²) in [4.78, 5) is 12.2. The van der Waals surface area contributed by atoms with Crippen LogP contribution in [0.25, 0.3) is 0 Å². The summed E-state index contributed by atoms with van der Waals surface area (Å²) in [5.74, 6) is -0.336. The lowest BCUT2D eigenvalue weighted by atomic mass is 9.60. The van der Waals surface area contributed by atoms with Crippen molar-refractivity contribution in [2.45, 2.75) is 58.1 Å². The predicted molar refractivity (Wildman–Crippen MR) is 78.2 cm³/mol. The molecular formula is C16H24N2O3. The fourth-order valence-corrected chi connectivity index (χ4v) is 3.62. The molecule has 0 aromatic carbocycles. The molecule has 0 bridgehead atoms. The van der Waals surface area contributed by atoms with Crippen molar-refractivity contribution in [3.05, 3.63) is 11.8 Å². The Bertz CT molecular complexity index is 447. The van der Waals surface area contributed by atoms with E-state index in [-0.39, 0.29) is 29.0 Å². The number of rotatable bonds is 6. The van der Waals surface area contributed by atoms with Crippen molar-refractivity contribution in [1.82, 2.24) is 5.32 Å². The van der Waals surface area contributed by atoms with E-state index in [0.29, 0.717) is 13.2 Å². The molecule has 2 aliphatic carbocycles. The van der Waals surface area contributed by atoms with Crippen LogP contribution in [0.2, 0.25) is 0 Å². The van der Waals surface area contributed by atoms with Crippen molar-refractivity contribution in [1.29, 1.82) is 5.26 Å². The lowest BCUT2D eigenvalue weighted by Crippen LogP contribution is -2.63. The molecule has 2 rings (SSSR count). The van der Waals surface area contributed by atoms with Crippen molar-refractivity contribution in [2.75, 3.05) is 13.2 Å². The van der Waals surface area contributed by atoms with Gasteiger partial charge in [0.25, 0.3) is 5.91 Å². The zero-order chi connectivity index (χ0) is 15.3. The first kappa shape index (κ1) is 15.8. The molecule has 116 valence electrons. The third-order valence-electron chi connectivity index (χ3n) is 4.73. The van der Waals surface area contributed by atoms with Crippen LogP contribution in [0, 0.1) is 16.7 Å². The van der Waals surface area contributed by atoms with Crippen LogP contribution >= 0.6 is 0 Å². The van der Waals surface area contributed by atoms with Crippen LogP contribution in [0.5, 0.6) is 0 Å². The third kappa shape index (κ3) is 3.06. The van der Waals surface area contributed by atoms with Gasteiger partial charge in [-0.3, -0.25) is 4.79 Å². The lowest BCUT2D eigenvalue weighted by molar-refractivity contribution is -0.141. The van der Waals surface area contributed by atoms with E-state index in [1.807, 2.05) is 19.9 Å². The smallest absolute Gasteiger partial charge is 0.265 e. The third-order valence-corrected chi connectivity index (χ3v) is 4.73. The van der Waals surface area contributed by atoms with Gasteiger partial charge in [-0.2, -0.15) is 5.26 Å². The highest BCUT2D eigenvalue weighted by Crippen LogP contribution is 2.54. The fraction of sp³-hybridized carbons (Fsp3) is 0.750. The quantitative estimate of drug-likeness (QED) is 0.463. The zero-order valence-corrected chi connectivity index (χ0v) is 12.9. The van der Waals surface area contributed by atoms with Gasteiger partial charge in [-0.15, -0.1) is 0 Å². The Labute approximate surface area is 126 Å². The summed E-state index contributed by atoms with van der Waals surface area (Å²) in [5, 5.41) is 12.0. The second-order valence-corrected chi connectivity index (χ2v) is 5.74. The fourth-order valence-electron chi connectivity index (χ4n) is 3.62. The molecule has 0 aromatic rings. The second-order valence-electron chi connectivity index (χ2n) is 5.74. The van der Waals surface area contributed by atoms with E-state index in [0.717, 1.165) is 19.3 Å². The number of ether oxygens (including phenoxy) is 2. The van der Waals surface area contributed by atoms with Gasteiger partial charge in [-0.25, -0.2) is 0 Å². The van der Waals surface area contributed by atoms with E-state index in [1.54, 1.807) is 0 Å². The van der Waals surface area contributed by atoms with Crippen molar-refractivity contribution >= 4 is 5.91 Å². The molecule has 0 aromatic heterocycles. The van der Waals surface area contributed by atoms with E-state index < -0.39 is 0 Å². The van der Waals surface area contributed by atoms with E-state index >= 15 is 0 Å². The molecule has 2 fully saturated rings. The maximum atomic E-state index is 12.2. The number of nitrogens with zero attached hydrogens (tertiary/aromatic N) is 1. The average molecular weight is 292 g/mol. The summed E-state index contributed by atoms with van der Waals surface area (Å²) in [7, 11) is 0. The van der Waals surface area contributed by atoms with Gasteiger partial charge in [0, 0.05) is 18.1 Å². The molecule has 1 amide bonds. The Morgan fingerprint density at radius 2 is 2.10 bits per heavy atom. The van der Waals surface area contributed by atoms with Crippen molar-refractivity contribution in [3.63, 3.8) is 0 Å². The summed E-state index contributed by atoms with van der Waals surface area (Å²) in [6.45, 7) is 4.97. The molecule has 0 aliphatic heterocycles. The van der Waals surface area contributed by atoms with Gasteiger partial charge in [0.1, 0.15) is 12.3 Å². The van der Waals surface area contributed by atoms with Crippen LogP contribution in [0.4, 0.5) is 0 Å². The van der Waals surface area contributed by atoms with Crippen molar-refractivity contribution in [2.24, 2.45) is 5.41 Å². The zero-order valence-electron chi connectivity index (χ0n) is 12.9. The van der Waals surface area contributed by atoms with Crippen LogP contribution in [0.1, 0.15) is 46.0 Å². The van der Waals surface area contributed by atoms with Gasteiger partial charge < -0.3 is 14.8 Å². The number of amides is 1. The monoisotopic (exact) mass is 292 g/mol. The lowest BCUT2D eigenvalue weighted by Gasteiger charge is -2.54. The average Bonchev–Trinajstić information content (AvgIpc) is 2.99. The SMILES string of the molecule is CCO/C=C(\C#N)C(=O)NC1CC(OCC)C12CCCC2. The van der Waals surface area contributed by atoms with E-state index in [2.05, 4.69) is 5.32 Å². The van der Waals surface area contributed by atoms with Crippen LogP contribution < -0.4 is 5.32 Å². The highest BCUT2D eigenvalue weighted by molar-refractivity contribution is 5.97. The summed E-state index contributed by atoms with van der Waals surface area (Å²) < 4.78 is 10.9. The number of hydrogen-bond donors (Lipinski definition) is 1. The maximum absolute atomic E-state index is 12.2. The van der Waals surface area contributed by atoms with E-state index in [4.69, 9.17) is 14.7 Å². The van der Waals surface area contributed by atoms with Crippen LogP contribution in [0.3, 0.4) is 0 Å². The van der Waals surface area contributed by atoms with Gasteiger partial charge in [0.2, 0.25) is 0 Å². The Hall–Kier alpha value is -1.54. The predicted octanol–water partition coefficient (Wildman–Crippen LogP) is 2.28. The van der Waals surface area contributed by atoms with E-state index in [9.17, 15) is 4.79 Å². The van der Waals surface area contributed by atoms with E-state index in [1.165, 1.54) is 19.1 Å². The Morgan fingerprint density at radius 3 is 2.67 bits per heavy atom. The molecule has 0 heterocycles. The molecule has 5 nitrogen and oxygen atoms in total. The van der Waals surface area contributed by atoms with Crippen LogP contribution in [-0.2, 0) is 14.3 Å². The first-order valence-electron chi connectivity index (χ1n) is 7.82. The molecule has 2 unspecified atom stereocenters. The van der Waals surface area contributed by atoms with Crippen molar-refractivity contribution in [3.8, 4) is 6.07 Å². The highest BCUT2D eigenvalue weighted by Gasteiger charge is 2.57. The number of carbonyl (C=O) groups excluding carboxylic acids is 1. The normalized spacial score (nSPS) is 27.0. The molecule has 0 radical (unpaired) electrons. The molecule has 21 heavy (non-hydrogen) atoms. The number of nitriles is 1. The number of hydrogen-bond acceptors (Lipinski definition) is 4. The largest absolute Gasteiger partial charge is 0.500 e. The summed E-state index contributed by atoms with van der Waals surface area (Å²) in [6.07, 6.45) is 6.91. The molecule has 1 N–H and O–H groups in total. The molecular weight excluding hydrogens is 268 g/mol. The Kier molecular flexibility index (Phi) is 5.24. The second kappa shape index (κ2) is 6.95. The number of nitrogens with one attached hydrogen (secondary N) is 1. The van der Waals surface area contributed by atoms with Gasteiger partial charge in [-0.05, 0) is 33.1 Å². The first-order chi connectivity index (χ1) is 10.2. The molecule has 0 saturated heterocycles. The Balaban J connectivity index is 2.00.